The zero-order valence-corrected chi connectivity index (χ0v) is 8.36. The summed E-state index contributed by atoms with van der Waals surface area (Å²) in [7, 11) is 0. The van der Waals surface area contributed by atoms with Crippen molar-refractivity contribution in [3.8, 4) is 0 Å². The first-order valence-corrected chi connectivity index (χ1v) is 4.61. The highest BCUT2D eigenvalue weighted by atomic mass is 19.4. The van der Waals surface area contributed by atoms with Crippen LogP contribution in [0.3, 0.4) is 0 Å². The lowest BCUT2D eigenvalue weighted by molar-refractivity contribution is -0.207. The van der Waals surface area contributed by atoms with Gasteiger partial charge in [0.1, 0.15) is 6.10 Å². The molecular formula is C8H12F3NO4. The van der Waals surface area contributed by atoms with Gasteiger partial charge in [-0.05, 0) is 6.92 Å². The third kappa shape index (κ3) is 3.06. The molecule has 0 unspecified atom stereocenters. The molecule has 0 aliphatic carbocycles. The normalized spacial score (nSPS) is 35.9. The SMILES string of the molecule is C[C@H]1O[C@@H](O)C[C@H](NC(=O)C(F)(F)F)[C@@H]1O. The van der Waals surface area contributed by atoms with Crippen molar-refractivity contribution in [2.75, 3.05) is 0 Å². The van der Waals surface area contributed by atoms with Gasteiger partial charge >= 0.3 is 12.1 Å². The number of ether oxygens (including phenoxy) is 1. The maximum absolute atomic E-state index is 11.9. The Bertz CT molecular complexity index is 270. The minimum Gasteiger partial charge on any atom is -0.388 e. The number of amides is 1. The van der Waals surface area contributed by atoms with E-state index in [2.05, 4.69) is 0 Å². The van der Waals surface area contributed by atoms with Crippen molar-refractivity contribution in [3.63, 3.8) is 0 Å². The van der Waals surface area contributed by atoms with E-state index in [1.807, 2.05) is 0 Å². The predicted octanol–water partition coefficient (Wildman–Crippen LogP) is -0.478. The molecule has 1 amide bonds. The summed E-state index contributed by atoms with van der Waals surface area (Å²) in [4.78, 5) is 10.6. The first kappa shape index (κ1) is 13.2. The number of carbonyl (C=O) groups excluding carboxylic acids is 1. The van der Waals surface area contributed by atoms with Gasteiger partial charge in [-0.1, -0.05) is 0 Å². The van der Waals surface area contributed by atoms with Crippen molar-refractivity contribution in [3.05, 3.63) is 0 Å². The summed E-state index contributed by atoms with van der Waals surface area (Å²) in [5.41, 5.74) is 0. The molecule has 1 aliphatic heterocycles. The summed E-state index contributed by atoms with van der Waals surface area (Å²) < 4.78 is 40.6. The lowest BCUT2D eigenvalue weighted by atomic mass is 9.99. The number of rotatable bonds is 1. The Morgan fingerprint density at radius 1 is 1.44 bits per heavy atom. The van der Waals surface area contributed by atoms with Crippen molar-refractivity contribution in [1.29, 1.82) is 0 Å². The Kier molecular flexibility index (Phi) is 3.76. The zero-order valence-electron chi connectivity index (χ0n) is 8.36. The average Bonchev–Trinajstić information content (AvgIpc) is 2.11. The summed E-state index contributed by atoms with van der Waals surface area (Å²) in [6.07, 6.45) is -8.71. The van der Waals surface area contributed by atoms with Gasteiger partial charge in [-0.15, -0.1) is 0 Å². The van der Waals surface area contributed by atoms with Gasteiger partial charge in [0.15, 0.2) is 6.29 Å². The van der Waals surface area contributed by atoms with Gasteiger partial charge in [-0.25, -0.2) is 0 Å². The van der Waals surface area contributed by atoms with Crippen LogP contribution < -0.4 is 5.32 Å². The van der Waals surface area contributed by atoms with Crippen LogP contribution in [0, 0.1) is 0 Å². The molecule has 1 aliphatic rings. The topological polar surface area (TPSA) is 78.8 Å². The van der Waals surface area contributed by atoms with Crippen molar-refractivity contribution in [2.45, 2.75) is 44.1 Å². The van der Waals surface area contributed by atoms with Crippen LogP contribution in [0.25, 0.3) is 0 Å². The smallest absolute Gasteiger partial charge is 0.388 e. The molecule has 3 N–H and O–H groups in total. The molecule has 4 atom stereocenters. The van der Waals surface area contributed by atoms with E-state index in [1.165, 1.54) is 6.92 Å². The Morgan fingerprint density at radius 3 is 2.50 bits per heavy atom. The Morgan fingerprint density at radius 2 is 2.00 bits per heavy atom. The molecule has 8 heteroatoms. The number of aliphatic hydroxyl groups excluding tert-OH is 2. The Balaban J connectivity index is 2.62. The fourth-order valence-corrected chi connectivity index (χ4v) is 1.46. The highest BCUT2D eigenvalue weighted by molar-refractivity contribution is 5.82. The maximum Gasteiger partial charge on any atom is 0.471 e. The van der Waals surface area contributed by atoms with Crippen molar-refractivity contribution >= 4 is 5.91 Å². The summed E-state index contributed by atoms with van der Waals surface area (Å²) >= 11 is 0. The number of aliphatic hydroxyl groups is 2. The number of hydrogen-bond acceptors (Lipinski definition) is 4. The molecule has 94 valence electrons. The molecule has 5 nitrogen and oxygen atoms in total. The van der Waals surface area contributed by atoms with Gasteiger partial charge in [0, 0.05) is 6.42 Å². The molecule has 1 fully saturated rings. The van der Waals surface area contributed by atoms with Gasteiger partial charge in [0.2, 0.25) is 0 Å². The minimum atomic E-state index is -5.01. The first-order valence-electron chi connectivity index (χ1n) is 4.61. The summed E-state index contributed by atoms with van der Waals surface area (Å²) in [6.45, 7) is 1.39. The molecular weight excluding hydrogens is 231 g/mol. The molecule has 0 aromatic rings. The Labute approximate surface area is 89.2 Å². The molecule has 0 spiro atoms. The largest absolute Gasteiger partial charge is 0.471 e. The predicted molar refractivity (Wildman–Crippen MR) is 45.2 cm³/mol. The minimum absolute atomic E-state index is 0.284. The molecule has 0 saturated carbocycles. The zero-order chi connectivity index (χ0) is 12.5. The van der Waals surface area contributed by atoms with Crippen LogP contribution in [0.2, 0.25) is 0 Å². The monoisotopic (exact) mass is 243 g/mol. The summed E-state index contributed by atoms with van der Waals surface area (Å²) in [5.74, 6) is -2.14. The highest BCUT2D eigenvalue weighted by Gasteiger charge is 2.43. The standard InChI is InChI=1S/C8H12F3NO4/c1-3-6(14)4(2-5(13)16-3)12-7(15)8(9,10)11/h3-6,13-14H,2H2,1H3,(H,12,15)/t3-,4+,5-,6-/m1/s1. The first-order chi connectivity index (χ1) is 7.21. The average molecular weight is 243 g/mol. The fourth-order valence-electron chi connectivity index (χ4n) is 1.46. The number of halogens is 3. The third-order valence-electron chi connectivity index (χ3n) is 2.29. The second-order valence-corrected chi connectivity index (χ2v) is 3.60. The number of carbonyl (C=O) groups is 1. The second-order valence-electron chi connectivity index (χ2n) is 3.60. The van der Waals surface area contributed by atoms with Crippen LogP contribution in [0.4, 0.5) is 13.2 Å². The quantitative estimate of drug-likeness (QED) is 0.581. The Hall–Kier alpha value is -0.860. The lowest BCUT2D eigenvalue weighted by Crippen LogP contribution is -2.56. The van der Waals surface area contributed by atoms with Crippen molar-refractivity contribution in [2.24, 2.45) is 0 Å². The van der Waals surface area contributed by atoms with Gasteiger partial charge in [0.25, 0.3) is 0 Å². The van der Waals surface area contributed by atoms with Crippen LogP contribution in [0.1, 0.15) is 13.3 Å². The molecule has 1 heterocycles. The van der Waals surface area contributed by atoms with Gasteiger partial charge in [-0.2, -0.15) is 13.2 Å². The van der Waals surface area contributed by atoms with E-state index in [1.54, 1.807) is 5.32 Å². The summed E-state index contributed by atoms with van der Waals surface area (Å²) in [5, 5.41) is 20.2. The molecule has 0 aromatic carbocycles. The van der Waals surface area contributed by atoms with Crippen LogP contribution >= 0.6 is 0 Å². The van der Waals surface area contributed by atoms with E-state index in [-0.39, 0.29) is 6.42 Å². The van der Waals surface area contributed by atoms with Crippen molar-refractivity contribution in [1.82, 2.24) is 5.32 Å². The fraction of sp³-hybridized carbons (Fsp3) is 0.875. The van der Waals surface area contributed by atoms with Crippen molar-refractivity contribution < 1.29 is 32.9 Å². The number of nitrogens with one attached hydrogen (secondary N) is 1. The second kappa shape index (κ2) is 4.56. The molecule has 0 aromatic heterocycles. The van der Waals surface area contributed by atoms with Crippen LogP contribution in [0.5, 0.6) is 0 Å². The van der Waals surface area contributed by atoms with E-state index in [0.29, 0.717) is 0 Å². The van der Waals surface area contributed by atoms with Gasteiger partial charge < -0.3 is 20.3 Å². The van der Waals surface area contributed by atoms with E-state index in [9.17, 15) is 23.1 Å². The molecule has 1 rings (SSSR count). The molecule has 16 heavy (non-hydrogen) atoms. The molecule has 0 radical (unpaired) electrons. The number of hydrogen-bond donors (Lipinski definition) is 3. The van der Waals surface area contributed by atoms with E-state index >= 15 is 0 Å². The van der Waals surface area contributed by atoms with E-state index in [4.69, 9.17) is 9.84 Å². The van der Waals surface area contributed by atoms with Crippen LogP contribution in [-0.4, -0.2) is 46.8 Å². The maximum atomic E-state index is 11.9. The van der Waals surface area contributed by atoms with E-state index in [0.717, 1.165) is 0 Å². The van der Waals surface area contributed by atoms with Crippen LogP contribution in [-0.2, 0) is 9.53 Å². The van der Waals surface area contributed by atoms with Gasteiger partial charge in [-0.3, -0.25) is 4.79 Å². The number of alkyl halides is 3. The molecule has 0 bridgehead atoms. The van der Waals surface area contributed by atoms with Crippen LogP contribution in [0.15, 0.2) is 0 Å². The third-order valence-corrected chi connectivity index (χ3v) is 2.29. The summed E-state index contributed by atoms with van der Waals surface area (Å²) in [6, 6.07) is -1.17. The highest BCUT2D eigenvalue weighted by Crippen LogP contribution is 2.21. The van der Waals surface area contributed by atoms with Gasteiger partial charge in [0.05, 0.1) is 12.1 Å². The molecule has 1 saturated heterocycles. The van der Waals surface area contributed by atoms with E-state index < -0.39 is 36.6 Å². The lowest BCUT2D eigenvalue weighted by Gasteiger charge is -2.36.